The number of aryl methyl sites for hydroxylation is 2. The Labute approximate surface area is 142 Å². The molecule has 6 heteroatoms. The van der Waals surface area contributed by atoms with Crippen LogP contribution in [0.3, 0.4) is 0 Å². The van der Waals surface area contributed by atoms with Crippen LogP contribution in [0.1, 0.15) is 36.6 Å². The van der Waals surface area contributed by atoms with Crippen LogP contribution >= 0.6 is 0 Å². The Morgan fingerprint density at radius 2 is 2.17 bits per heavy atom. The van der Waals surface area contributed by atoms with E-state index in [4.69, 9.17) is 0 Å². The van der Waals surface area contributed by atoms with Gasteiger partial charge in [0.2, 0.25) is 0 Å². The Balaban J connectivity index is 1.63. The van der Waals surface area contributed by atoms with E-state index in [0.717, 1.165) is 24.1 Å². The zero-order valence-corrected chi connectivity index (χ0v) is 14.1. The summed E-state index contributed by atoms with van der Waals surface area (Å²) in [5.74, 6) is 0.564. The van der Waals surface area contributed by atoms with Gasteiger partial charge in [0.15, 0.2) is 5.82 Å². The molecular weight excluding hydrogens is 304 g/mol. The molecule has 3 rings (SSSR count). The highest BCUT2D eigenvalue weighted by atomic mass is 16.3. The fourth-order valence-corrected chi connectivity index (χ4v) is 3.22. The second kappa shape index (κ2) is 7.05. The molecule has 1 aliphatic heterocycles. The van der Waals surface area contributed by atoms with Crippen molar-refractivity contribution in [2.75, 3.05) is 11.9 Å². The van der Waals surface area contributed by atoms with E-state index < -0.39 is 6.10 Å². The van der Waals surface area contributed by atoms with Crippen molar-refractivity contribution in [2.45, 2.75) is 38.3 Å². The van der Waals surface area contributed by atoms with E-state index >= 15 is 0 Å². The highest BCUT2D eigenvalue weighted by molar-refractivity contribution is 5.88. The molecule has 2 N–H and O–H groups in total. The number of rotatable bonds is 4. The lowest BCUT2D eigenvalue weighted by Gasteiger charge is -2.26. The van der Waals surface area contributed by atoms with Gasteiger partial charge < -0.3 is 10.0 Å². The van der Waals surface area contributed by atoms with E-state index in [-0.39, 0.29) is 12.1 Å². The van der Waals surface area contributed by atoms with Gasteiger partial charge in [-0.05, 0) is 31.7 Å². The van der Waals surface area contributed by atoms with Gasteiger partial charge in [-0.1, -0.05) is 30.3 Å². The van der Waals surface area contributed by atoms with Gasteiger partial charge in [0, 0.05) is 31.4 Å². The highest BCUT2D eigenvalue weighted by Crippen LogP contribution is 2.27. The lowest BCUT2D eigenvalue weighted by Crippen LogP contribution is -2.39. The summed E-state index contributed by atoms with van der Waals surface area (Å²) < 4.78 is 1.73. The molecule has 1 aromatic heterocycles. The molecule has 0 radical (unpaired) electrons. The zero-order valence-electron chi connectivity index (χ0n) is 14.1. The molecule has 0 saturated carbocycles. The SMILES string of the molecule is Cc1cc(NC(=O)N2CCCC2CC(O)c2ccccc2)nn1C. The number of amides is 2. The van der Waals surface area contributed by atoms with Gasteiger partial charge in [0.05, 0.1) is 6.10 Å². The standard InChI is InChI=1S/C18H24N4O2/c1-13-11-17(20-21(13)2)19-18(24)22-10-6-9-15(22)12-16(23)14-7-4-3-5-8-14/h3-5,7-8,11,15-16,23H,6,9-10,12H2,1-2H3,(H,19,20,24). The van der Waals surface area contributed by atoms with E-state index in [1.165, 1.54) is 0 Å². The molecule has 2 aromatic rings. The Hall–Kier alpha value is -2.34. The van der Waals surface area contributed by atoms with Crippen LogP contribution in [0, 0.1) is 6.92 Å². The predicted molar refractivity (Wildman–Crippen MR) is 92.7 cm³/mol. The fourth-order valence-electron chi connectivity index (χ4n) is 3.22. The van der Waals surface area contributed by atoms with Gasteiger partial charge in [-0.3, -0.25) is 10.00 Å². The van der Waals surface area contributed by atoms with Crippen molar-refractivity contribution < 1.29 is 9.90 Å². The normalized spacial score (nSPS) is 18.6. The summed E-state index contributed by atoms with van der Waals surface area (Å²) in [5, 5.41) is 17.6. The summed E-state index contributed by atoms with van der Waals surface area (Å²) in [6.45, 7) is 2.65. The maximum atomic E-state index is 12.5. The summed E-state index contributed by atoms with van der Waals surface area (Å²) in [4.78, 5) is 14.4. The number of likely N-dealkylation sites (tertiary alicyclic amines) is 1. The molecule has 1 aromatic carbocycles. The maximum Gasteiger partial charge on any atom is 0.323 e. The van der Waals surface area contributed by atoms with Crippen LogP contribution in [0.25, 0.3) is 0 Å². The third-order valence-corrected chi connectivity index (χ3v) is 4.67. The summed E-state index contributed by atoms with van der Waals surface area (Å²) >= 11 is 0. The van der Waals surface area contributed by atoms with Gasteiger partial charge in [-0.2, -0.15) is 5.10 Å². The minimum atomic E-state index is -0.554. The van der Waals surface area contributed by atoms with Crippen LogP contribution in [0.5, 0.6) is 0 Å². The third kappa shape index (κ3) is 3.59. The molecule has 2 amide bonds. The number of hydrogen-bond donors (Lipinski definition) is 2. The maximum absolute atomic E-state index is 12.5. The number of aliphatic hydroxyl groups is 1. The largest absolute Gasteiger partial charge is 0.388 e. The number of carbonyl (C=O) groups excluding carboxylic acids is 1. The number of carbonyl (C=O) groups is 1. The molecule has 1 saturated heterocycles. The highest BCUT2D eigenvalue weighted by Gasteiger charge is 2.31. The second-order valence-corrected chi connectivity index (χ2v) is 6.38. The van der Waals surface area contributed by atoms with Crippen molar-refractivity contribution in [1.29, 1.82) is 0 Å². The summed E-state index contributed by atoms with van der Waals surface area (Å²) in [6, 6.07) is 11.4. The van der Waals surface area contributed by atoms with Crippen LogP contribution < -0.4 is 5.32 Å². The van der Waals surface area contributed by atoms with E-state index in [9.17, 15) is 9.90 Å². The number of aliphatic hydroxyl groups excluding tert-OH is 1. The molecule has 0 spiro atoms. The van der Waals surface area contributed by atoms with E-state index in [0.29, 0.717) is 18.8 Å². The molecule has 24 heavy (non-hydrogen) atoms. The van der Waals surface area contributed by atoms with E-state index in [1.807, 2.05) is 55.3 Å². The van der Waals surface area contributed by atoms with Crippen LogP contribution in [0.15, 0.2) is 36.4 Å². The minimum absolute atomic E-state index is 0.0463. The van der Waals surface area contributed by atoms with Gasteiger partial charge in [0.1, 0.15) is 0 Å². The summed E-state index contributed by atoms with van der Waals surface area (Å²) in [7, 11) is 1.85. The van der Waals surface area contributed by atoms with Gasteiger partial charge in [0.25, 0.3) is 0 Å². The van der Waals surface area contributed by atoms with Crippen molar-refractivity contribution in [3.8, 4) is 0 Å². The van der Waals surface area contributed by atoms with E-state index in [2.05, 4.69) is 10.4 Å². The smallest absolute Gasteiger partial charge is 0.323 e. The number of hydrogen-bond acceptors (Lipinski definition) is 3. The molecule has 128 valence electrons. The first kappa shape index (κ1) is 16.5. The Morgan fingerprint density at radius 1 is 1.42 bits per heavy atom. The Morgan fingerprint density at radius 3 is 2.83 bits per heavy atom. The number of nitrogens with one attached hydrogen (secondary N) is 1. The van der Waals surface area contributed by atoms with Crippen molar-refractivity contribution in [2.24, 2.45) is 7.05 Å². The quantitative estimate of drug-likeness (QED) is 0.906. The molecule has 1 fully saturated rings. The average molecular weight is 328 g/mol. The first-order chi connectivity index (χ1) is 11.5. The van der Waals surface area contributed by atoms with Crippen molar-refractivity contribution >= 4 is 11.8 Å². The van der Waals surface area contributed by atoms with E-state index in [1.54, 1.807) is 4.68 Å². The van der Waals surface area contributed by atoms with Gasteiger partial charge in [-0.15, -0.1) is 0 Å². The van der Waals surface area contributed by atoms with Crippen molar-refractivity contribution in [1.82, 2.24) is 14.7 Å². The molecule has 2 heterocycles. The number of anilines is 1. The number of urea groups is 1. The van der Waals surface area contributed by atoms with Crippen molar-refractivity contribution in [3.63, 3.8) is 0 Å². The van der Waals surface area contributed by atoms with Crippen molar-refractivity contribution in [3.05, 3.63) is 47.7 Å². The Kier molecular flexibility index (Phi) is 4.85. The van der Waals surface area contributed by atoms with Crippen LogP contribution in [0.4, 0.5) is 10.6 Å². The first-order valence-electron chi connectivity index (χ1n) is 8.36. The van der Waals surface area contributed by atoms with Gasteiger partial charge in [-0.25, -0.2) is 4.79 Å². The van der Waals surface area contributed by atoms with Crippen LogP contribution in [-0.2, 0) is 7.05 Å². The summed E-state index contributed by atoms with van der Waals surface area (Å²) in [6.07, 6.45) is 1.87. The zero-order chi connectivity index (χ0) is 17.1. The Bertz CT molecular complexity index is 679. The van der Waals surface area contributed by atoms with Crippen LogP contribution in [-0.4, -0.2) is 38.4 Å². The number of benzene rings is 1. The first-order valence-corrected chi connectivity index (χ1v) is 8.36. The molecule has 2 atom stereocenters. The lowest BCUT2D eigenvalue weighted by atomic mass is 10.0. The minimum Gasteiger partial charge on any atom is -0.388 e. The number of aromatic nitrogens is 2. The molecule has 6 nitrogen and oxygen atoms in total. The predicted octanol–water partition coefficient (Wildman–Crippen LogP) is 2.85. The molecule has 1 aliphatic rings. The monoisotopic (exact) mass is 328 g/mol. The average Bonchev–Trinajstić information content (AvgIpc) is 3.15. The molecule has 0 bridgehead atoms. The molecular formula is C18H24N4O2. The topological polar surface area (TPSA) is 70.4 Å². The lowest BCUT2D eigenvalue weighted by molar-refractivity contribution is 0.129. The fraction of sp³-hybridized carbons (Fsp3) is 0.444. The van der Waals surface area contributed by atoms with Crippen LogP contribution in [0.2, 0.25) is 0 Å². The molecule has 2 unspecified atom stereocenters. The third-order valence-electron chi connectivity index (χ3n) is 4.67. The van der Waals surface area contributed by atoms with Gasteiger partial charge >= 0.3 is 6.03 Å². The second-order valence-electron chi connectivity index (χ2n) is 6.38. The summed E-state index contributed by atoms with van der Waals surface area (Å²) in [5.41, 5.74) is 1.88. The number of nitrogens with zero attached hydrogens (tertiary/aromatic N) is 3. The molecule has 0 aliphatic carbocycles.